The fourth-order valence-electron chi connectivity index (χ4n) is 3.47. The molecular weight excluding hydrogens is 260 g/mol. The monoisotopic (exact) mass is 282 g/mol. The van der Waals surface area contributed by atoms with Crippen LogP contribution in [0.15, 0.2) is 18.2 Å². The summed E-state index contributed by atoms with van der Waals surface area (Å²) in [5, 5.41) is 2.98. The van der Waals surface area contributed by atoms with E-state index in [9.17, 15) is 0 Å². The first kappa shape index (κ1) is 13.6. The van der Waals surface area contributed by atoms with E-state index >= 15 is 0 Å². The molecule has 0 aliphatic rings. The molecule has 0 aliphatic carbocycles. The summed E-state index contributed by atoms with van der Waals surface area (Å²) in [4.78, 5) is 0. The lowest BCUT2D eigenvalue weighted by atomic mass is 9.90. The van der Waals surface area contributed by atoms with Gasteiger partial charge in [0.1, 0.15) is 0 Å². The van der Waals surface area contributed by atoms with E-state index in [1.54, 1.807) is 11.1 Å². The summed E-state index contributed by atoms with van der Waals surface area (Å²) >= 11 is 1.98. The van der Waals surface area contributed by atoms with Crippen molar-refractivity contribution in [2.75, 3.05) is 0 Å². The summed E-state index contributed by atoms with van der Waals surface area (Å²) in [6.45, 7) is 11.4. The molecule has 0 saturated carbocycles. The molecule has 0 nitrogen and oxygen atoms in total. The summed E-state index contributed by atoms with van der Waals surface area (Å²) in [5.41, 5.74) is 7.53. The summed E-state index contributed by atoms with van der Waals surface area (Å²) in [5.74, 6) is 0. The predicted molar refractivity (Wildman–Crippen MR) is 92.3 cm³/mol. The van der Waals surface area contributed by atoms with Crippen LogP contribution in [0.1, 0.15) is 41.7 Å². The molecule has 104 valence electrons. The second-order valence-electron chi connectivity index (χ2n) is 5.67. The van der Waals surface area contributed by atoms with Gasteiger partial charge in [-0.25, -0.2) is 0 Å². The summed E-state index contributed by atoms with van der Waals surface area (Å²) in [6, 6.07) is 6.73. The van der Waals surface area contributed by atoms with Gasteiger partial charge in [0.2, 0.25) is 0 Å². The van der Waals surface area contributed by atoms with E-state index in [1.807, 2.05) is 11.3 Å². The molecule has 0 N–H and O–H groups in total. The molecule has 20 heavy (non-hydrogen) atoms. The molecule has 1 heteroatoms. The van der Waals surface area contributed by atoms with Crippen molar-refractivity contribution < 1.29 is 0 Å². The Morgan fingerprint density at radius 3 is 2.20 bits per heavy atom. The van der Waals surface area contributed by atoms with Crippen LogP contribution in [0.3, 0.4) is 0 Å². The van der Waals surface area contributed by atoms with E-state index in [0.29, 0.717) is 0 Å². The van der Waals surface area contributed by atoms with Crippen molar-refractivity contribution in [2.24, 2.45) is 0 Å². The minimum Gasteiger partial charge on any atom is -0.135 e. The Balaban J connectivity index is 2.62. The Kier molecular flexibility index (Phi) is 3.33. The van der Waals surface area contributed by atoms with Crippen molar-refractivity contribution in [1.29, 1.82) is 0 Å². The van der Waals surface area contributed by atoms with Gasteiger partial charge in [-0.15, -0.1) is 11.3 Å². The van der Waals surface area contributed by atoms with Gasteiger partial charge in [-0.2, -0.15) is 0 Å². The van der Waals surface area contributed by atoms with Gasteiger partial charge in [0.15, 0.2) is 0 Å². The molecule has 2 aromatic carbocycles. The Hall–Kier alpha value is -1.34. The molecule has 3 aromatic rings. The van der Waals surface area contributed by atoms with Gasteiger partial charge in [-0.05, 0) is 61.4 Å². The zero-order valence-electron chi connectivity index (χ0n) is 13.1. The third kappa shape index (κ3) is 1.73. The van der Waals surface area contributed by atoms with Crippen LogP contribution in [0, 0.1) is 20.8 Å². The van der Waals surface area contributed by atoms with Crippen molar-refractivity contribution >= 4 is 31.5 Å². The highest BCUT2D eigenvalue weighted by atomic mass is 32.1. The van der Waals surface area contributed by atoms with E-state index < -0.39 is 0 Å². The molecule has 0 spiro atoms. The molecule has 0 radical (unpaired) electrons. The van der Waals surface area contributed by atoms with E-state index in [-0.39, 0.29) is 0 Å². The summed E-state index contributed by atoms with van der Waals surface area (Å²) in [7, 11) is 0. The highest BCUT2D eigenvalue weighted by Gasteiger charge is 2.17. The molecule has 0 unspecified atom stereocenters. The smallest absolute Gasteiger partial charge is 0.0390 e. The quantitative estimate of drug-likeness (QED) is 0.532. The Morgan fingerprint density at radius 2 is 1.55 bits per heavy atom. The Morgan fingerprint density at radius 1 is 0.850 bits per heavy atom. The van der Waals surface area contributed by atoms with Crippen LogP contribution < -0.4 is 0 Å². The molecule has 0 amide bonds. The average molecular weight is 282 g/mol. The van der Waals surface area contributed by atoms with E-state index in [1.165, 1.54) is 36.9 Å². The average Bonchev–Trinajstić information content (AvgIpc) is 2.83. The SMILES string of the molecule is CCc1c(C)c(C)c2sc3c(C)cccc3c2c1CC. The topological polar surface area (TPSA) is 0 Å². The molecule has 1 aromatic heterocycles. The van der Waals surface area contributed by atoms with Gasteiger partial charge in [0.05, 0.1) is 0 Å². The maximum Gasteiger partial charge on any atom is 0.0390 e. The maximum absolute atomic E-state index is 2.30. The number of aryl methyl sites for hydroxylation is 3. The van der Waals surface area contributed by atoms with Crippen LogP contribution in [-0.2, 0) is 12.8 Å². The van der Waals surface area contributed by atoms with Crippen LogP contribution in [0.2, 0.25) is 0 Å². The molecule has 3 rings (SSSR count). The molecular formula is C19H22S. The van der Waals surface area contributed by atoms with Crippen LogP contribution in [-0.4, -0.2) is 0 Å². The normalized spacial score (nSPS) is 11.7. The van der Waals surface area contributed by atoms with Gasteiger partial charge in [-0.3, -0.25) is 0 Å². The minimum absolute atomic E-state index is 1.13. The fourth-order valence-corrected chi connectivity index (χ4v) is 4.82. The lowest BCUT2D eigenvalue weighted by Crippen LogP contribution is -1.98. The second kappa shape index (κ2) is 4.89. The molecule has 0 bridgehead atoms. The van der Waals surface area contributed by atoms with E-state index in [2.05, 4.69) is 52.8 Å². The van der Waals surface area contributed by atoms with E-state index in [4.69, 9.17) is 0 Å². The van der Waals surface area contributed by atoms with Gasteiger partial charge in [0, 0.05) is 20.2 Å². The zero-order valence-corrected chi connectivity index (χ0v) is 13.9. The zero-order chi connectivity index (χ0) is 14.4. The Labute approximate surface area is 125 Å². The van der Waals surface area contributed by atoms with Crippen molar-refractivity contribution in [3.8, 4) is 0 Å². The standard InChI is InChI=1S/C19H22S/c1-6-14-12(4)13(5)19-17(15(14)7-2)16-10-8-9-11(3)18(16)20-19/h8-10H,6-7H2,1-5H3. The third-order valence-electron chi connectivity index (χ3n) is 4.64. The van der Waals surface area contributed by atoms with Gasteiger partial charge >= 0.3 is 0 Å². The maximum atomic E-state index is 2.30. The van der Waals surface area contributed by atoms with Crippen molar-refractivity contribution in [2.45, 2.75) is 47.5 Å². The number of thiophene rings is 1. The largest absolute Gasteiger partial charge is 0.135 e. The number of rotatable bonds is 2. The molecule has 0 saturated heterocycles. The van der Waals surface area contributed by atoms with Crippen molar-refractivity contribution in [3.05, 3.63) is 46.0 Å². The summed E-state index contributed by atoms with van der Waals surface area (Å²) in [6.07, 6.45) is 2.26. The molecule has 0 fully saturated rings. The second-order valence-corrected chi connectivity index (χ2v) is 6.69. The highest BCUT2D eigenvalue weighted by Crippen LogP contribution is 2.42. The van der Waals surface area contributed by atoms with Gasteiger partial charge in [0.25, 0.3) is 0 Å². The predicted octanol–water partition coefficient (Wildman–Crippen LogP) is 6.10. The van der Waals surface area contributed by atoms with Crippen LogP contribution >= 0.6 is 11.3 Å². The van der Waals surface area contributed by atoms with Crippen LogP contribution in [0.25, 0.3) is 20.2 Å². The van der Waals surface area contributed by atoms with Crippen molar-refractivity contribution in [1.82, 2.24) is 0 Å². The fraction of sp³-hybridized carbons (Fsp3) is 0.368. The first-order valence-electron chi connectivity index (χ1n) is 7.52. The Bertz CT molecular complexity index is 806. The number of hydrogen-bond acceptors (Lipinski definition) is 1. The lowest BCUT2D eigenvalue weighted by Gasteiger charge is -2.15. The number of benzene rings is 2. The van der Waals surface area contributed by atoms with Crippen LogP contribution in [0.5, 0.6) is 0 Å². The van der Waals surface area contributed by atoms with Crippen LogP contribution in [0.4, 0.5) is 0 Å². The molecule has 0 aliphatic heterocycles. The first-order valence-corrected chi connectivity index (χ1v) is 8.34. The lowest BCUT2D eigenvalue weighted by molar-refractivity contribution is 1.03. The molecule has 0 atom stereocenters. The van der Waals surface area contributed by atoms with Crippen molar-refractivity contribution in [3.63, 3.8) is 0 Å². The molecule has 1 heterocycles. The number of hydrogen-bond donors (Lipinski definition) is 0. The van der Waals surface area contributed by atoms with E-state index in [0.717, 1.165) is 12.8 Å². The minimum atomic E-state index is 1.13. The third-order valence-corrected chi connectivity index (χ3v) is 6.10. The van der Waals surface area contributed by atoms with Gasteiger partial charge < -0.3 is 0 Å². The number of fused-ring (bicyclic) bond motifs is 3. The highest BCUT2D eigenvalue weighted by molar-refractivity contribution is 7.26. The first-order chi connectivity index (χ1) is 9.60. The summed E-state index contributed by atoms with van der Waals surface area (Å²) < 4.78 is 2.97. The van der Waals surface area contributed by atoms with Gasteiger partial charge in [-0.1, -0.05) is 32.0 Å².